The first-order valence-electron chi connectivity index (χ1n) is 4.12. The predicted molar refractivity (Wildman–Crippen MR) is 65.6 cm³/mol. The zero-order valence-corrected chi connectivity index (χ0v) is 11.2. The summed E-state index contributed by atoms with van der Waals surface area (Å²) >= 11 is 23.1. The van der Waals surface area contributed by atoms with Crippen molar-refractivity contribution in [3.05, 3.63) is 10.9 Å². The quantitative estimate of drug-likeness (QED) is 0.496. The highest BCUT2D eigenvalue weighted by Gasteiger charge is 2.32. The van der Waals surface area contributed by atoms with E-state index < -0.39 is 14.0 Å². The minimum absolute atomic E-state index is 0.245. The SMILES string of the molecule is ClC1=C2OCCCC2=NS(C(Cl)(Cl)Cl)=N1. The molecule has 1 fully saturated rings. The number of alkyl halides is 3. The van der Waals surface area contributed by atoms with Crippen molar-refractivity contribution in [2.24, 2.45) is 8.76 Å². The maximum Gasteiger partial charge on any atom is 0.267 e. The van der Waals surface area contributed by atoms with Crippen LogP contribution in [0.4, 0.5) is 0 Å². The molecule has 1 unspecified atom stereocenters. The molecular formula is C7H6Cl4N2OS. The second-order valence-electron chi connectivity index (χ2n) is 2.91. The van der Waals surface area contributed by atoms with Crippen LogP contribution in [-0.2, 0) is 15.6 Å². The molecule has 0 aromatic rings. The molecular weight excluding hydrogens is 302 g/mol. The zero-order valence-electron chi connectivity index (χ0n) is 7.34. The lowest BCUT2D eigenvalue weighted by molar-refractivity contribution is 0.212. The zero-order chi connectivity index (χ0) is 11.1. The van der Waals surface area contributed by atoms with E-state index in [0.717, 1.165) is 18.6 Å². The summed E-state index contributed by atoms with van der Waals surface area (Å²) in [6.07, 6.45) is 1.68. The highest BCUT2D eigenvalue weighted by molar-refractivity contribution is 7.92. The van der Waals surface area contributed by atoms with E-state index in [-0.39, 0.29) is 5.16 Å². The van der Waals surface area contributed by atoms with Gasteiger partial charge in [-0.05, 0) is 12.8 Å². The van der Waals surface area contributed by atoms with Gasteiger partial charge in [0.1, 0.15) is 0 Å². The average Bonchev–Trinajstić information content (AvgIpc) is 2.16. The molecule has 2 rings (SSSR count). The Kier molecular flexibility index (Phi) is 3.53. The van der Waals surface area contributed by atoms with Gasteiger partial charge in [0.2, 0.25) is 0 Å². The highest BCUT2D eigenvalue weighted by Crippen LogP contribution is 2.37. The van der Waals surface area contributed by atoms with E-state index in [1.165, 1.54) is 0 Å². The Morgan fingerprint density at radius 1 is 1.33 bits per heavy atom. The van der Waals surface area contributed by atoms with Gasteiger partial charge in [0.25, 0.3) is 3.12 Å². The highest BCUT2D eigenvalue weighted by atomic mass is 35.6. The number of rotatable bonds is 0. The summed E-state index contributed by atoms with van der Waals surface area (Å²) in [5.74, 6) is 0.529. The van der Waals surface area contributed by atoms with Crippen molar-refractivity contribution in [3.8, 4) is 0 Å². The van der Waals surface area contributed by atoms with Crippen LogP contribution in [0.3, 0.4) is 0 Å². The lowest BCUT2D eigenvalue weighted by Crippen LogP contribution is -2.22. The monoisotopic (exact) mass is 306 g/mol. The number of halogens is 4. The number of hydrogen-bond acceptors (Lipinski definition) is 3. The van der Waals surface area contributed by atoms with E-state index in [4.69, 9.17) is 51.1 Å². The minimum atomic E-state index is -1.55. The molecule has 0 bridgehead atoms. The molecule has 0 saturated carbocycles. The van der Waals surface area contributed by atoms with Crippen LogP contribution in [0, 0.1) is 0 Å². The van der Waals surface area contributed by atoms with Gasteiger partial charge in [-0.3, -0.25) is 0 Å². The summed E-state index contributed by atoms with van der Waals surface area (Å²) < 4.78 is 12.1. The third-order valence-electron chi connectivity index (χ3n) is 1.82. The van der Waals surface area contributed by atoms with Crippen LogP contribution >= 0.6 is 46.4 Å². The molecule has 0 radical (unpaired) electrons. The van der Waals surface area contributed by atoms with Gasteiger partial charge in [0.15, 0.2) is 10.9 Å². The van der Waals surface area contributed by atoms with Crippen LogP contribution in [0.1, 0.15) is 12.8 Å². The Morgan fingerprint density at radius 3 is 2.73 bits per heavy atom. The predicted octanol–water partition coefficient (Wildman–Crippen LogP) is 3.70. The third kappa shape index (κ3) is 2.61. The first-order valence-corrected chi connectivity index (χ1v) is 6.77. The van der Waals surface area contributed by atoms with Crippen molar-refractivity contribution in [2.45, 2.75) is 16.0 Å². The van der Waals surface area contributed by atoms with E-state index in [9.17, 15) is 0 Å². The summed E-state index contributed by atoms with van der Waals surface area (Å²) in [4.78, 5) is 0. The van der Waals surface area contributed by atoms with Crippen LogP contribution in [0.5, 0.6) is 0 Å². The Hall–Kier alpha value is 0.520. The first-order chi connectivity index (χ1) is 6.98. The van der Waals surface area contributed by atoms with Crippen LogP contribution in [0.2, 0.25) is 0 Å². The fraction of sp³-hybridized carbons (Fsp3) is 0.571. The Morgan fingerprint density at radius 2 is 2.07 bits per heavy atom. The summed E-state index contributed by atoms with van der Waals surface area (Å²) in [6, 6.07) is 0. The Balaban J connectivity index is 2.41. The molecule has 2 aliphatic heterocycles. The normalized spacial score (nSPS) is 26.4. The molecule has 2 aliphatic rings. The van der Waals surface area contributed by atoms with E-state index in [1.54, 1.807) is 0 Å². The fourth-order valence-corrected chi connectivity index (χ4v) is 3.07. The summed E-state index contributed by atoms with van der Waals surface area (Å²) in [5.41, 5.74) is 0.746. The molecule has 0 spiro atoms. The van der Waals surface area contributed by atoms with Crippen LogP contribution < -0.4 is 0 Å². The fourth-order valence-electron chi connectivity index (χ4n) is 1.22. The second kappa shape index (κ2) is 4.41. The molecule has 3 nitrogen and oxygen atoms in total. The molecule has 2 heterocycles. The average molecular weight is 308 g/mol. The molecule has 0 aromatic carbocycles. The number of nitrogens with zero attached hydrogens (tertiary/aromatic N) is 2. The number of allylic oxidation sites excluding steroid dienone is 1. The van der Waals surface area contributed by atoms with E-state index in [2.05, 4.69) is 8.76 Å². The lowest BCUT2D eigenvalue weighted by atomic mass is 10.1. The number of ether oxygens (including phenoxy) is 1. The molecule has 84 valence electrons. The maximum atomic E-state index is 5.93. The second-order valence-corrected chi connectivity index (χ2v) is 7.73. The number of hydrogen-bond donors (Lipinski definition) is 0. The van der Waals surface area contributed by atoms with Crippen LogP contribution in [0.25, 0.3) is 0 Å². The largest absolute Gasteiger partial charge is 0.488 e. The summed E-state index contributed by atoms with van der Waals surface area (Å²) in [6.45, 7) is 0.627. The Labute approximate surface area is 110 Å². The standard InChI is InChI=1S/C7H6Cl4N2OS/c8-6-5-4(2-1-3-14-5)12-15(13-6)7(9,10)11/h1-3H2. The number of fused-ring (bicyclic) bond motifs is 1. The topological polar surface area (TPSA) is 34.0 Å². The molecule has 0 aromatic heterocycles. The van der Waals surface area contributed by atoms with Crippen LogP contribution in [-0.4, -0.2) is 15.4 Å². The lowest BCUT2D eigenvalue weighted by Gasteiger charge is -2.23. The van der Waals surface area contributed by atoms with Crippen molar-refractivity contribution in [1.29, 1.82) is 0 Å². The van der Waals surface area contributed by atoms with E-state index in [1.807, 2.05) is 0 Å². The van der Waals surface area contributed by atoms with Crippen molar-refractivity contribution < 1.29 is 4.74 Å². The van der Waals surface area contributed by atoms with Crippen molar-refractivity contribution >= 4 is 63.0 Å². The van der Waals surface area contributed by atoms with Gasteiger partial charge >= 0.3 is 0 Å². The molecule has 0 N–H and O–H groups in total. The smallest absolute Gasteiger partial charge is 0.267 e. The van der Waals surface area contributed by atoms with Crippen molar-refractivity contribution in [1.82, 2.24) is 0 Å². The first kappa shape index (κ1) is 12.0. The molecule has 0 amide bonds. The van der Waals surface area contributed by atoms with E-state index in [0.29, 0.717) is 12.4 Å². The molecule has 1 saturated heterocycles. The summed E-state index contributed by atoms with van der Waals surface area (Å²) in [7, 11) is -1.07. The van der Waals surface area contributed by atoms with Gasteiger partial charge in [0, 0.05) is 0 Å². The van der Waals surface area contributed by atoms with Gasteiger partial charge in [0.05, 0.1) is 23.2 Å². The minimum Gasteiger partial charge on any atom is -0.488 e. The van der Waals surface area contributed by atoms with Crippen molar-refractivity contribution in [3.63, 3.8) is 0 Å². The van der Waals surface area contributed by atoms with E-state index >= 15 is 0 Å². The molecule has 1 atom stereocenters. The van der Waals surface area contributed by atoms with Crippen LogP contribution in [0.15, 0.2) is 19.7 Å². The Bertz CT molecular complexity index is 385. The van der Waals surface area contributed by atoms with Gasteiger partial charge in [-0.1, -0.05) is 46.4 Å². The van der Waals surface area contributed by atoms with Gasteiger partial charge in [-0.15, -0.1) is 0 Å². The maximum absolute atomic E-state index is 5.93. The summed E-state index contributed by atoms with van der Waals surface area (Å²) in [5, 5.41) is 0.245. The third-order valence-corrected chi connectivity index (χ3v) is 4.59. The molecule has 15 heavy (non-hydrogen) atoms. The van der Waals surface area contributed by atoms with Gasteiger partial charge in [-0.2, -0.15) is 4.36 Å². The van der Waals surface area contributed by atoms with Gasteiger partial charge < -0.3 is 4.74 Å². The van der Waals surface area contributed by atoms with Crippen molar-refractivity contribution in [2.75, 3.05) is 6.61 Å². The molecule has 0 aliphatic carbocycles. The van der Waals surface area contributed by atoms with Gasteiger partial charge in [-0.25, -0.2) is 4.40 Å². The molecule has 8 heteroatoms.